The number of ether oxygens (including phenoxy) is 1. The summed E-state index contributed by atoms with van der Waals surface area (Å²) in [5, 5.41) is 0. The highest BCUT2D eigenvalue weighted by atomic mass is 16.5. The fourth-order valence-corrected chi connectivity index (χ4v) is 1.95. The molecule has 0 spiro atoms. The van der Waals surface area contributed by atoms with Crippen LogP contribution in [0.3, 0.4) is 0 Å². The first-order chi connectivity index (χ1) is 7.97. The van der Waals surface area contributed by atoms with Crippen LogP contribution in [-0.2, 0) is 9.53 Å². The second-order valence-electron chi connectivity index (χ2n) is 5.31. The molecule has 1 fully saturated rings. The van der Waals surface area contributed by atoms with Gasteiger partial charge < -0.3 is 15.4 Å². The van der Waals surface area contributed by atoms with Crippen LogP contribution in [0.2, 0.25) is 0 Å². The van der Waals surface area contributed by atoms with E-state index in [1.54, 1.807) is 13.8 Å². The van der Waals surface area contributed by atoms with Gasteiger partial charge in [-0.1, -0.05) is 0 Å². The topological polar surface area (TPSA) is 55.6 Å². The lowest BCUT2D eigenvalue weighted by molar-refractivity contribution is -0.149. The number of hydrogen-bond donors (Lipinski definition) is 1. The van der Waals surface area contributed by atoms with Crippen LogP contribution < -0.4 is 5.73 Å². The van der Waals surface area contributed by atoms with Gasteiger partial charge in [0.2, 0.25) is 0 Å². The van der Waals surface area contributed by atoms with Crippen molar-refractivity contribution in [3.8, 4) is 0 Å². The minimum Gasteiger partial charge on any atom is -0.465 e. The molecule has 0 aliphatic heterocycles. The first-order valence-electron chi connectivity index (χ1n) is 6.63. The smallest absolute Gasteiger partial charge is 0.325 e. The summed E-state index contributed by atoms with van der Waals surface area (Å²) in [5.74, 6) is -0.282. The maximum absolute atomic E-state index is 11.6. The largest absolute Gasteiger partial charge is 0.465 e. The van der Waals surface area contributed by atoms with Crippen LogP contribution in [0, 0.1) is 0 Å². The van der Waals surface area contributed by atoms with E-state index in [2.05, 4.69) is 11.9 Å². The Balaban J connectivity index is 2.13. The normalized spacial score (nSPS) is 19.1. The van der Waals surface area contributed by atoms with Crippen LogP contribution in [0.4, 0.5) is 0 Å². The standard InChI is InChI=1S/C13H26N2O2/c1-4-17-12(16)13(2,14)9-5-6-10-15(3)11-7-8-11/h11H,4-10,14H2,1-3H3. The molecule has 1 saturated carbocycles. The minimum atomic E-state index is -0.825. The van der Waals surface area contributed by atoms with Gasteiger partial charge in [0.15, 0.2) is 0 Å². The third kappa shape index (κ3) is 5.04. The quantitative estimate of drug-likeness (QED) is 0.518. The van der Waals surface area contributed by atoms with Gasteiger partial charge in [-0.2, -0.15) is 0 Å². The monoisotopic (exact) mass is 242 g/mol. The number of rotatable bonds is 8. The van der Waals surface area contributed by atoms with E-state index >= 15 is 0 Å². The zero-order valence-corrected chi connectivity index (χ0v) is 11.4. The molecule has 0 aromatic carbocycles. The van der Waals surface area contributed by atoms with Crippen LogP contribution in [0.25, 0.3) is 0 Å². The van der Waals surface area contributed by atoms with Crippen LogP contribution >= 0.6 is 0 Å². The first-order valence-corrected chi connectivity index (χ1v) is 6.63. The Morgan fingerprint density at radius 2 is 2.12 bits per heavy atom. The summed E-state index contributed by atoms with van der Waals surface area (Å²) in [7, 11) is 2.17. The SMILES string of the molecule is CCOC(=O)C(C)(N)CCCCN(C)C1CC1. The first kappa shape index (κ1) is 14.5. The molecule has 1 unspecified atom stereocenters. The Morgan fingerprint density at radius 1 is 1.47 bits per heavy atom. The van der Waals surface area contributed by atoms with Crippen molar-refractivity contribution in [3.05, 3.63) is 0 Å². The zero-order chi connectivity index (χ0) is 12.9. The van der Waals surface area contributed by atoms with Crippen LogP contribution in [0.15, 0.2) is 0 Å². The van der Waals surface area contributed by atoms with E-state index in [1.165, 1.54) is 12.8 Å². The fourth-order valence-electron chi connectivity index (χ4n) is 1.95. The molecule has 0 radical (unpaired) electrons. The molecule has 0 aromatic heterocycles. The average Bonchev–Trinajstić information content (AvgIpc) is 3.08. The summed E-state index contributed by atoms with van der Waals surface area (Å²) in [6.07, 6.45) is 5.45. The van der Waals surface area contributed by atoms with Gasteiger partial charge in [-0.25, -0.2) is 0 Å². The molecule has 4 nitrogen and oxygen atoms in total. The van der Waals surface area contributed by atoms with E-state index in [0.717, 1.165) is 25.4 Å². The molecule has 1 atom stereocenters. The average molecular weight is 242 g/mol. The van der Waals surface area contributed by atoms with Crippen molar-refractivity contribution in [3.63, 3.8) is 0 Å². The summed E-state index contributed by atoms with van der Waals surface area (Å²) < 4.78 is 4.96. The van der Waals surface area contributed by atoms with Gasteiger partial charge in [0.1, 0.15) is 5.54 Å². The molecule has 0 bridgehead atoms. The van der Waals surface area contributed by atoms with E-state index < -0.39 is 5.54 Å². The summed E-state index contributed by atoms with van der Waals surface area (Å²) in [5.41, 5.74) is 5.12. The minimum absolute atomic E-state index is 0.282. The maximum Gasteiger partial charge on any atom is 0.325 e. The van der Waals surface area contributed by atoms with Crippen LogP contribution in [-0.4, -0.2) is 42.6 Å². The molecule has 17 heavy (non-hydrogen) atoms. The molecule has 100 valence electrons. The number of nitrogens with two attached hydrogens (primary N) is 1. The fraction of sp³-hybridized carbons (Fsp3) is 0.923. The second kappa shape index (κ2) is 6.36. The molecule has 1 aliphatic carbocycles. The van der Waals surface area contributed by atoms with Crippen molar-refractivity contribution in [2.24, 2.45) is 5.73 Å². The predicted molar refractivity (Wildman–Crippen MR) is 68.7 cm³/mol. The van der Waals surface area contributed by atoms with Gasteiger partial charge in [0, 0.05) is 6.04 Å². The van der Waals surface area contributed by atoms with E-state index in [0.29, 0.717) is 13.0 Å². The molecule has 1 aliphatic rings. The van der Waals surface area contributed by atoms with Crippen molar-refractivity contribution in [2.45, 2.75) is 57.5 Å². The summed E-state index contributed by atoms with van der Waals surface area (Å²) in [4.78, 5) is 14.0. The van der Waals surface area contributed by atoms with Gasteiger partial charge in [-0.15, -0.1) is 0 Å². The lowest BCUT2D eigenvalue weighted by atomic mass is 9.96. The second-order valence-corrected chi connectivity index (χ2v) is 5.31. The summed E-state index contributed by atoms with van der Waals surface area (Å²) in [6.45, 7) is 5.06. The lowest BCUT2D eigenvalue weighted by Crippen LogP contribution is -2.46. The lowest BCUT2D eigenvalue weighted by Gasteiger charge is -2.22. The van der Waals surface area contributed by atoms with Gasteiger partial charge in [-0.3, -0.25) is 4.79 Å². The Labute approximate surface area is 104 Å². The maximum atomic E-state index is 11.6. The number of unbranched alkanes of at least 4 members (excludes halogenated alkanes) is 1. The molecular formula is C13H26N2O2. The van der Waals surface area contributed by atoms with E-state index in [-0.39, 0.29) is 5.97 Å². The highest BCUT2D eigenvalue weighted by molar-refractivity contribution is 5.79. The third-order valence-electron chi connectivity index (χ3n) is 3.37. The van der Waals surface area contributed by atoms with Crippen molar-refractivity contribution >= 4 is 5.97 Å². The van der Waals surface area contributed by atoms with Crippen LogP contribution in [0.5, 0.6) is 0 Å². The van der Waals surface area contributed by atoms with Gasteiger partial charge in [0.25, 0.3) is 0 Å². The number of carbonyl (C=O) groups is 1. The molecular weight excluding hydrogens is 216 g/mol. The van der Waals surface area contributed by atoms with Crippen molar-refractivity contribution in [1.29, 1.82) is 0 Å². The Bertz CT molecular complexity index is 250. The number of nitrogens with zero attached hydrogens (tertiary/aromatic N) is 1. The molecule has 1 rings (SSSR count). The highest BCUT2D eigenvalue weighted by Crippen LogP contribution is 2.25. The van der Waals surface area contributed by atoms with Crippen LogP contribution in [0.1, 0.15) is 46.0 Å². The van der Waals surface area contributed by atoms with E-state index in [4.69, 9.17) is 10.5 Å². The van der Waals surface area contributed by atoms with E-state index in [1.807, 2.05) is 0 Å². The van der Waals surface area contributed by atoms with Gasteiger partial charge >= 0.3 is 5.97 Å². The summed E-state index contributed by atoms with van der Waals surface area (Å²) in [6, 6.07) is 0.810. The van der Waals surface area contributed by atoms with Gasteiger partial charge in [0.05, 0.1) is 6.61 Å². The zero-order valence-electron chi connectivity index (χ0n) is 11.4. The molecule has 4 heteroatoms. The summed E-state index contributed by atoms with van der Waals surface area (Å²) >= 11 is 0. The van der Waals surface area contributed by atoms with Crippen molar-refractivity contribution < 1.29 is 9.53 Å². The Hall–Kier alpha value is -0.610. The third-order valence-corrected chi connectivity index (χ3v) is 3.37. The highest BCUT2D eigenvalue weighted by Gasteiger charge is 2.29. The van der Waals surface area contributed by atoms with Crippen molar-refractivity contribution in [2.75, 3.05) is 20.2 Å². The molecule has 0 aromatic rings. The number of hydrogen-bond acceptors (Lipinski definition) is 4. The van der Waals surface area contributed by atoms with E-state index in [9.17, 15) is 4.79 Å². The molecule has 2 N–H and O–H groups in total. The number of esters is 1. The Morgan fingerprint density at radius 3 is 2.65 bits per heavy atom. The van der Waals surface area contributed by atoms with Gasteiger partial charge in [-0.05, 0) is 59.5 Å². The number of carbonyl (C=O) groups excluding carboxylic acids is 1. The molecule has 0 amide bonds. The predicted octanol–water partition coefficient (Wildman–Crippen LogP) is 1.53. The molecule has 0 saturated heterocycles. The molecule has 0 heterocycles. The Kier molecular flexibility index (Phi) is 5.40. The van der Waals surface area contributed by atoms with Crippen molar-refractivity contribution in [1.82, 2.24) is 4.90 Å².